The maximum atomic E-state index is 15.0. The van der Waals surface area contributed by atoms with E-state index in [9.17, 15) is 73.8 Å². The second-order valence-electron chi connectivity index (χ2n) is 19.9. The molecule has 3 aromatic carbocycles. The average Bonchev–Trinajstić information content (AvgIpc) is 3.94. The van der Waals surface area contributed by atoms with Crippen molar-refractivity contribution in [2.75, 3.05) is 0 Å². The first-order chi connectivity index (χ1) is 35.0. The number of carboxylic acid groups (broad SMARTS) is 3. The van der Waals surface area contributed by atoms with E-state index in [0.717, 1.165) is 40.2 Å². The number of rotatable bonds is 18. The summed E-state index contributed by atoms with van der Waals surface area (Å²) in [4.78, 5) is 125. The van der Waals surface area contributed by atoms with Crippen LogP contribution in [-0.4, -0.2) is 156 Å². The molecule has 0 aromatic heterocycles. The number of carbonyl (C=O) groups is 9. The van der Waals surface area contributed by atoms with Crippen molar-refractivity contribution in [3.63, 3.8) is 0 Å². The van der Waals surface area contributed by atoms with Crippen LogP contribution in [0.5, 0.6) is 17.2 Å². The number of nitrogens with zero attached hydrogens (tertiary/aromatic N) is 1. The van der Waals surface area contributed by atoms with Crippen molar-refractivity contribution in [3.05, 3.63) is 89.5 Å². The highest BCUT2D eigenvalue weighted by molar-refractivity contribution is 8.02. The third-order valence-electron chi connectivity index (χ3n) is 13.2. The van der Waals surface area contributed by atoms with Crippen LogP contribution in [0.1, 0.15) is 76.4 Å². The molecule has 75 heavy (non-hydrogen) atoms. The SMILES string of the molecule is CC1(C)S[C@@H]2[C@H](NC(=O)[C@H](NC(=O)[C@@H](NC(=O)[C@H](NC(=O)[C@H](NC(=O)C(N)c3ccc(O)cc3)[C@@H]3N[C@@H](C(=O)O)C(C)(C)S3)c3ccc(O)cc3)[C@@H]3N[C@@H](C(=O)O)C(C)(C)S3)c3ccc(O)cc3)C(=O)N2[C@H]1C(=O)O. The molecular weight excluding hydrogens is 1040 g/mol. The molecule has 15 N–H and O–H groups in total. The molecule has 4 aliphatic heterocycles. The molecule has 0 aliphatic carbocycles. The molecule has 0 bridgehead atoms. The highest BCUT2D eigenvalue weighted by atomic mass is 32.2. The van der Waals surface area contributed by atoms with Gasteiger partial charge in [0.05, 0.1) is 10.7 Å². The van der Waals surface area contributed by atoms with Gasteiger partial charge in [-0.1, -0.05) is 36.4 Å². The summed E-state index contributed by atoms with van der Waals surface area (Å²) >= 11 is 3.11. The van der Waals surface area contributed by atoms with Crippen molar-refractivity contribution in [1.29, 1.82) is 0 Å². The van der Waals surface area contributed by atoms with Gasteiger partial charge in [-0.3, -0.25) is 49.0 Å². The van der Waals surface area contributed by atoms with Crippen molar-refractivity contribution < 1.29 is 73.8 Å². The smallest absolute Gasteiger partial charge is 0.327 e. The highest BCUT2D eigenvalue weighted by Crippen LogP contribution is 2.51. The van der Waals surface area contributed by atoms with Gasteiger partial charge in [0.25, 0.3) is 0 Å². The minimum absolute atomic E-state index is 0.00823. The Morgan fingerprint density at radius 2 is 0.920 bits per heavy atom. The molecule has 4 aliphatic rings. The van der Waals surface area contributed by atoms with Crippen LogP contribution in [0, 0.1) is 0 Å². The second kappa shape index (κ2) is 21.5. The summed E-state index contributed by atoms with van der Waals surface area (Å²) in [6, 6.07) is 1.99. The largest absolute Gasteiger partial charge is 0.508 e. The lowest BCUT2D eigenvalue weighted by molar-refractivity contribution is -0.161. The van der Waals surface area contributed by atoms with Gasteiger partial charge in [0, 0.05) is 14.2 Å². The van der Waals surface area contributed by atoms with Gasteiger partial charge in [-0.25, -0.2) is 4.79 Å². The fourth-order valence-electron chi connectivity index (χ4n) is 9.30. The third-order valence-corrected chi connectivity index (χ3v) is 17.8. The molecule has 402 valence electrons. The molecule has 12 atom stereocenters. The number of carboxylic acids is 3. The van der Waals surface area contributed by atoms with Gasteiger partial charge >= 0.3 is 17.9 Å². The highest BCUT2D eigenvalue weighted by Gasteiger charge is 2.64. The lowest BCUT2D eigenvalue weighted by atomic mass is 9.95. The van der Waals surface area contributed by atoms with Gasteiger partial charge in [-0.15, -0.1) is 35.3 Å². The molecule has 24 nitrogen and oxygen atoms in total. The number of carbonyl (C=O) groups excluding carboxylic acids is 6. The second-order valence-corrected chi connectivity index (χ2v) is 25.2. The summed E-state index contributed by atoms with van der Waals surface area (Å²) in [5, 5.41) is 76.0. The molecule has 1 unspecified atom stereocenters. The third kappa shape index (κ3) is 11.7. The van der Waals surface area contributed by atoms with Crippen LogP contribution in [-0.2, 0) is 43.2 Å². The van der Waals surface area contributed by atoms with Crippen molar-refractivity contribution in [2.45, 2.75) is 126 Å². The number of nitrogens with two attached hydrogens (primary N) is 1. The first-order valence-electron chi connectivity index (χ1n) is 23.2. The molecule has 3 aromatic rings. The van der Waals surface area contributed by atoms with Crippen LogP contribution in [0.3, 0.4) is 0 Å². The van der Waals surface area contributed by atoms with Gasteiger partial charge in [-0.2, -0.15) is 0 Å². The number of thioether (sulfide) groups is 3. The molecule has 27 heteroatoms. The number of aliphatic carboxylic acids is 3. The Labute approximate surface area is 441 Å². The molecule has 0 saturated carbocycles. The average molecular weight is 1100 g/mol. The van der Waals surface area contributed by atoms with E-state index in [1.807, 2.05) is 0 Å². The number of fused-ring (bicyclic) bond motifs is 1. The number of nitrogens with one attached hydrogen (secondary N) is 7. The first kappa shape index (κ1) is 56.0. The molecule has 4 saturated heterocycles. The number of hydrogen-bond donors (Lipinski definition) is 14. The fourth-order valence-corrected chi connectivity index (χ4v) is 13.9. The van der Waals surface area contributed by atoms with Gasteiger partial charge in [0.2, 0.25) is 35.4 Å². The fraction of sp³-hybridized carbons (Fsp3) is 0.438. The molecule has 0 spiro atoms. The Balaban J connectivity index is 1.22. The Bertz CT molecular complexity index is 2770. The number of hydrogen-bond acceptors (Lipinski definition) is 18. The summed E-state index contributed by atoms with van der Waals surface area (Å²) in [5.74, 6) is -10.2. The van der Waals surface area contributed by atoms with Crippen LogP contribution in [0.4, 0.5) is 0 Å². The first-order valence-corrected chi connectivity index (χ1v) is 25.9. The van der Waals surface area contributed by atoms with E-state index in [1.165, 1.54) is 72.8 Å². The number of aromatic hydroxyl groups is 3. The van der Waals surface area contributed by atoms with Crippen molar-refractivity contribution in [3.8, 4) is 17.2 Å². The van der Waals surface area contributed by atoms with Crippen LogP contribution < -0.4 is 43.0 Å². The summed E-state index contributed by atoms with van der Waals surface area (Å²) in [7, 11) is 0. The zero-order chi connectivity index (χ0) is 55.2. The number of β-lactam (4-membered cyclic amide) rings is 1. The zero-order valence-electron chi connectivity index (χ0n) is 41.0. The number of phenolic OH excluding ortho intramolecular Hbond substituents is 3. The quantitative estimate of drug-likeness (QED) is 0.0740. The maximum Gasteiger partial charge on any atom is 0.327 e. The summed E-state index contributed by atoms with van der Waals surface area (Å²) in [6.07, 6.45) is 0. The van der Waals surface area contributed by atoms with Crippen molar-refractivity contribution >= 4 is 88.6 Å². The lowest BCUT2D eigenvalue weighted by Crippen LogP contribution is -2.71. The van der Waals surface area contributed by atoms with E-state index in [-0.39, 0.29) is 33.9 Å². The molecule has 7 rings (SSSR count). The van der Waals surface area contributed by atoms with E-state index in [0.29, 0.717) is 0 Å². The number of phenols is 3. The van der Waals surface area contributed by atoms with Gasteiger partial charge in [-0.05, 0) is 94.6 Å². The molecular formula is C48H57N9O15S3. The monoisotopic (exact) mass is 1100 g/mol. The summed E-state index contributed by atoms with van der Waals surface area (Å²) in [6.45, 7) is 9.66. The van der Waals surface area contributed by atoms with Crippen molar-refractivity contribution in [1.82, 2.24) is 42.1 Å². The number of amides is 6. The Kier molecular flexibility index (Phi) is 16.0. The molecule has 4 fully saturated rings. The maximum absolute atomic E-state index is 15.0. The predicted octanol–water partition coefficient (Wildman–Crippen LogP) is -0.0919. The minimum Gasteiger partial charge on any atom is -0.508 e. The van der Waals surface area contributed by atoms with Crippen LogP contribution >= 0.6 is 35.3 Å². The Morgan fingerprint density at radius 1 is 0.533 bits per heavy atom. The normalized spacial score (nSPS) is 25.9. The van der Waals surface area contributed by atoms with E-state index in [1.54, 1.807) is 41.5 Å². The van der Waals surface area contributed by atoms with Gasteiger partial charge in [0.1, 0.15) is 77.0 Å². The van der Waals surface area contributed by atoms with E-state index < -0.39 is 138 Å². The summed E-state index contributed by atoms with van der Waals surface area (Å²) in [5.41, 5.74) is 6.62. The van der Waals surface area contributed by atoms with Crippen LogP contribution in [0.15, 0.2) is 72.8 Å². The van der Waals surface area contributed by atoms with E-state index in [2.05, 4.69) is 37.2 Å². The Morgan fingerprint density at radius 3 is 1.31 bits per heavy atom. The standard InChI is InChI=1S/C48H57N9O15S3/c1-46(2)31(43(67)68)55-39(73-46)28(52-34(61)25(49)19-7-13-22(58)14-8-19)37(64)50-26(20-9-15-23(59)16-10-20)35(62)53-29(40-56-32(44(69)70)47(3,4)74-40)38(65)51-27(21-11-17-24(60)18-12-21)36(63)54-30-41(66)57-33(45(71)72)48(5,6)75-42(30)57/h7-18,25-33,39-40,42,55-56,58-60H,49H2,1-6H3,(H,50,64)(H,51,65)(H,52,61)(H,53,62)(H,54,63)(H,67,68)(H,69,70)(H,71,72)/t25?,26-,27-,28+,29-,30-,31+,32+,33+,39-,40-,42-/m1/s1. The zero-order valence-corrected chi connectivity index (χ0v) is 43.4. The van der Waals surface area contributed by atoms with Gasteiger partial charge < -0.3 is 67.9 Å². The van der Waals surface area contributed by atoms with Gasteiger partial charge in [0.15, 0.2) is 0 Å². The Hall–Kier alpha value is -6.78. The summed E-state index contributed by atoms with van der Waals surface area (Å²) < 4.78 is -3.16. The predicted molar refractivity (Wildman–Crippen MR) is 273 cm³/mol. The number of benzene rings is 3. The molecule has 0 radical (unpaired) electrons. The van der Waals surface area contributed by atoms with Crippen LogP contribution in [0.2, 0.25) is 0 Å². The van der Waals surface area contributed by atoms with E-state index in [4.69, 9.17) is 5.73 Å². The topological polar surface area (TPSA) is 388 Å². The van der Waals surface area contributed by atoms with E-state index >= 15 is 0 Å². The lowest BCUT2D eigenvalue weighted by Gasteiger charge is -2.44. The molecule has 4 heterocycles. The minimum atomic E-state index is -1.80. The van der Waals surface area contributed by atoms with Crippen molar-refractivity contribution in [2.24, 2.45) is 5.73 Å². The molecule has 6 amide bonds. The van der Waals surface area contributed by atoms with Crippen LogP contribution in [0.25, 0.3) is 0 Å².